The zero-order valence-corrected chi connectivity index (χ0v) is 11.3. The average Bonchev–Trinajstić information content (AvgIpc) is 2.98. The smallest absolute Gasteiger partial charge is 0.152 e. The highest BCUT2D eigenvalue weighted by Gasteiger charge is 2.30. The molecule has 0 aromatic carbocycles. The second-order valence-corrected chi connectivity index (χ2v) is 7.10. The summed E-state index contributed by atoms with van der Waals surface area (Å²) in [4.78, 5) is 0. The number of anilines is 1. The van der Waals surface area contributed by atoms with Crippen molar-refractivity contribution >= 4 is 15.5 Å². The maximum atomic E-state index is 11.5. The first-order valence-electron chi connectivity index (χ1n) is 5.99. The number of nitrogen functional groups attached to an aromatic ring is 1. The fourth-order valence-corrected chi connectivity index (χ4v) is 4.05. The van der Waals surface area contributed by atoms with Gasteiger partial charge in [-0.25, -0.2) is 8.42 Å². The molecule has 102 valence electrons. The Hall–Kier alpha value is -1.83. The molecular weight excluding hydrogens is 266 g/mol. The molecule has 1 saturated heterocycles. The monoisotopic (exact) mass is 281 g/mol. The topological polar surface area (TPSA) is 95.8 Å². The SMILES string of the molecule is Cn1cc(-c2nn(C3CCS(=O)(=O)C3)cc2N)cn1. The van der Waals surface area contributed by atoms with Crippen LogP contribution in [0.25, 0.3) is 11.3 Å². The van der Waals surface area contributed by atoms with Gasteiger partial charge in [-0.1, -0.05) is 0 Å². The van der Waals surface area contributed by atoms with Crippen molar-refractivity contribution in [1.29, 1.82) is 0 Å². The predicted octanol–water partition coefficient (Wildman–Crippen LogP) is 0.225. The third-order valence-corrected chi connectivity index (χ3v) is 5.07. The highest BCUT2D eigenvalue weighted by Crippen LogP contribution is 2.28. The maximum Gasteiger partial charge on any atom is 0.152 e. The largest absolute Gasteiger partial charge is 0.396 e. The summed E-state index contributed by atoms with van der Waals surface area (Å²) in [7, 11) is -1.11. The number of nitrogens with two attached hydrogens (primary N) is 1. The van der Waals surface area contributed by atoms with E-state index in [0.717, 1.165) is 5.56 Å². The zero-order chi connectivity index (χ0) is 13.6. The minimum absolute atomic E-state index is 0.113. The molecule has 3 heterocycles. The van der Waals surface area contributed by atoms with E-state index in [1.165, 1.54) is 0 Å². The van der Waals surface area contributed by atoms with Crippen molar-refractivity contribution in [1.82, 2.24) is 19.6 Å². The summed E-state index contributed by atoms with van der Waals surface area (Å²) in [5.41, 5.74) is 7.97. The lowest BCUT2D eigenvalue weighted by Gasteiger charge is -2.06. The summed E-state index contributed by atoms with van der Waals surface area (Å²) in [6, 6.07) is -0.113. The summed E-state index contributed by atoms with van der Waals surface area (Å²) < 4.78 is 26.3. The quantitative estimate of drug-likeness (QED) is 0.849. The van der Waals surface area contributed by atoms with Crippen molar-refractivity contribution < 1.29 is 8.42 Å². The summed E-state index contributed by atoms with van der Waals surface area (Å²) in [5.74, 6) is 0.361. The number of hydrogen-bond donors (Lipinski definition) is 1. The number of nitrogens with zero attached hydrogens (tertiary/aromatic N) is 4. The molecule has 0 bridgehead atoms. The van der Waals surface area contributed by atoms with Crippen LogP contribution in [0.4, 0.5) is 5.69 Å². The van der Waals surface area contributed by atoms with Crippen LogP contribution in [-0.2, 0) is 16.9 Å². The molecule has 1 unspecified atom stereocenters. The van der Waals surface area contributed by atoms with Gasteiger partial charge in [0.25, 0.3) is 0 Å². The van der Waals surface area contributed by atoms with Crippen molar-refractivity contribution in [2.75, 3.05) is 17.2 Å². The maximum absolute atomic E-state index is 11.5. The van der Waals surface area contributed by atoms with E-state index in [9.17, 15) is 8.42 Å². The molecule has 1 aliphatic rings. The van der Waals surface area contributed by atoms with Crippen molar-refractivity contribution in [3.63, 3.8) is 0 Å². The van der Waals surface area contributed by atoms with E-state index in [0.29, 0.717) is 17.8 Å². The molecule has 0 spiro atoms. The molecule has 0 amide bonds. The Balaban J connectivity index is 1.94. The van der Waals surface area contributed by atoms with E-state index in [4.69, 9.17) is 5.73 Å². The Morgan fingerprint density at radius 2 is 2.21 bits per heavy atom. The molecule has 1 atom stereocenters. The number of aryl methyl sites for hydroxylation is 1. The van der Waals surface area contributed by atoms with E-state index in [1.54, 1.807) is 21.8 Å². The highest BCUT2D eigenvalue weighted by atomic mass is 32.2. The van der Waals surface area contributed by atoms with Crippen molar-refractivity contribution in [2.24, 2.45) is 7.05 Å². The van der Waals surface area contributed by atoms with Crippen LogP contribution in [0.5, 0.6) is 0 Å². The standard InChI is InChI=1S/C11H15N5O2S/c1-15-5-8(4-13-15)11-10(12)6-16(14-11)9-2-3-19(17,18)7-9/h4-6,9H,2-3,7,12H2,1H3. The first-order valence-corrected chi connectivity index (χ1v) is 7.81. The van der Waals surface area contributed by atoms with Crippen molar-refractivity contribution in [3.8, 4) is 11.3 Å². The Morgan fingerprint density at radius 3 is 2.79 bits per heavy atom. The fraction of sp³-hybridized carbons (Fsp3) is 0.455. The van der Waals surface area contributed by atoms with Crippen LogP contribution in [0.3, 0.4) is 0 Å². The summed E-state index contributed by atoms with van der Waals surface area (Å²) in [6.45, 7) is 0. The summed E-state index contributed by atoms with van der Waals surface area (Å²) >= 11 is 0. The Labute approximate surface area is 110 Å². The third kappa shape index (κ3) is 2.23. The number of rotatable bonds is 2. The summed E-state index contributed by atoms with van der Waals surface area (Å²) in [6.07, 6.45) is 5.81. The molecule has 19 heavy (non-hydrogen) atoms. The van der Waals surface area contributed by atoms with Gasteiger partial charge in [0, 0.05) is 25.0 Å². The molecule has 0 saturated carbocycles. The van der Waals surface area contributed by atoms with Gasteiger partial charge in [-0.2, -0.15) is 10.2 Å². The van der Waals surface area contributed by atoms with Gasteiger partial charge < -0.3 is 5.73 Å². The molecule has 7 nitrogen and oxygen atoms in total. The van der Waals surface area contributed by atoms with Crippen LogP contribution in [-0.4, -0.2) is 39.5 Å². The molecule has 1 aliphatic heterocycles. The second kappa shape index (κ2) is 4.09. The van der Waals surface area contributed by atoms with Crippen LogP contribution in [0.15, 0.2) is 18.6 Å². The fourth-order valence-electron chi connectivity index (χ4n) is 2.34. The molecule has 0 aliphatic carbocycles. The van der Waals surface area contributed by atoms with Crippen molar-refractivity contribution in [3.05, 3.63) is 18.6 Å². The lowest BCUT2D eigenvalue weighted by Crippen LogP contribution is -2.11. The van der Waals surface area contributed by atoms with Gasteiger partial charge in [0.05, 0.1) is 29.4 Å². The lowest BCUT2D eigenvalue weighted by molar-refractivity contribution is 0.501. The predicted molar refractivity (Wildman–Crippen MR) is 71.1 cm³/mol. The van der Waals surface area contributed by atoms with Gasteiger partial charge in [0.1, 0.15) is 5.69 Å². The normalized spacial score (nSPS) is 21.8. The molecule has 0 radical (unpaired) electrons. The van der Waals surface area contributed by atoms with Crippen LogP contribution < -0.4 is 5.73 Å². The molecule has 1 fully saturated rings. The molecular formula is C11H15N5O2S. The molecule has 8 heteroatoms. The van der Waals surface area contributed by atoms with Gasteiger partial charge in [0.15, 0.2) is 9.84 Å². The number of aromatic nitrogens is 4. The Morgan fingerprint density at radius 1 is 1.42 bits per heavy atom. The van der Waals surface area contributed by atoms with Gasteiger partial charge >= 0.3 is 0 Å². The number of sulfone groups is 1. The third-order valence-electron chi connectivity index (χ3n) is 3.32. The minimum Gasteiger partial charge on any atom is -0.396 e. The van der Waals surface area contributed by atoms with Crippen LogP contribution in [0.1, 0.15) is 12.5 Å². The van der Waals surface area contributed by atoms with E-state index in [1.807, 2.05) is 13.2 Å². The van der Waals surface area contributed by atoms with Crippen LogP contribution in [0.2, 0.25) is 0 Å². The first-order chi connectivity index (χ1) is 8.94. The zero-order valence-electron chi connectivity index (χ0n) is 10.5. The Bertz CT molecular complexity index is 715. The van der Waals surface area contributed by atoms with Crippen molar-refractivity contribution in [2.45, 2.75) is 12.5 Å². The van der Waals surface area contributed by atoms with E-state index < -0.39 is 9.84 Å². The van der Waals surface area contributed by atoms with Crippen LogP contribution >= 0.6 is 0 Å². The first kappa shape index (κ1) is 12.2. The average molecular weight is 281 g/mol. The van der Waals surface area contributed by atoms with E-state index >= 15 is 0 Å². The van der Waals surface area contributed by atoms with E-state index in [-0.39, 0.29) is 17.5 Å². The molecule has 2 N–H and O–H groups in total. The Kier molecular flexibility index (Phi) is 2.63. The lowest BCUT2D eigenvalue weighted by atomic mass is 10.2. The highest BCUT2D eigenvalue weighted by molar-refractivity contribution is 7.91. The van der Waals surface area contributed by atoms with Gasteiger partial charge in [0.2, 0.25) is 0 Å². The molecule has 3 rings (SSSR count). The summed E-state index contributed by atoms with van der Waals surface area (Å²) in [5, 5.41) is 8.49. The van der Waals surface area contributed by atoms with Crippen LogP contribution in [0, 0.1) is 0 Å². The van der Waals surface area contributed by atoms with E-state index in [2.05, 4.69) is 10.2 Å². The van der Waals surface area contributed by atoms with Gasteiger partial charge in [-0.15, -0.1) is 0 Å². The van der Waals surface area contributed by atoms with Gasteiger partial charge in [-0.05, 0) is 6.42 Å². The minimum atomic E-state index is -2.93. The van der Waals surface area contributed by atoms with Gasteiger partial charge in [-0.3, -0.25) is 9.36 Å². The molecule has 2 aromatic rings. The second-order valence-electron chi connectivity index (χ2n) is 4.87. The molecule has 2 aromatic heterocycles. The number of hydrogen-bond acceptors (Lipinski definition) is 5.